The maximum atomic E-state index is 2.68. The van der Waals surface area contributed by atoms with Gasteiger partial charge < -0.3 is 0 Å². The van der Waals surface area contributed by atoms with Crippen LogP contribution < -0.4 is 0 Å². The van der Waals surface area contributed by atoms with E-state index in [2.05, 4.69) is 68.5 Å². The van der Waals surface area contributed by atoms with Crippen LogP contribution in [0.2, 0.25) is 0 Å². The van der Waals surface area contributed by atoms with Crippen molar-refractivity contribution in [3.8, 4) is 0 Å². The number of aryl methyl sites for hydroxylation is 3. The third kappa shape index (κ3) is 5.86. The summed E-state index contributed by atoms with van der Waals surface area (Å²) in [5.74, 6) is 0. The van der Waals surface area contributed by atoms with E-state index < -0.39 is 0 Å². The quantitative estimate of drug-likeness (QED) is 0.301. The van der Waals surface area contributed by atoms with Crippen LogP contribution in [0.15, 0.2) is 18.2 Å². The minimum absolute atomic E-state index is 0.506. The van der Waals surface area contributed by atoms with Gasteiger partial charge in [0.05, 0.1) is 0 Å². The highest BCUT2D eigenvalue weighted by Crippen LogP contribution is 2.48. The maximum Gasteiger partial charge on any atom is 0.0223 e. The van der Waals surface area contributed by atoms with Crippen LogP contribution in [0.25, 0.3) is 0 Å². The van der Waals surface area contributed by atoms with Gasteiger partial charge in [0.1, 0.15) is 0 Å². The van der Waals surface area contributed by atoms with E-state index in [1.54, 1.807) is 11.1 Å². The fourth-order valence-electron chi connectivity index (χ4n) is 3.08. The van der Waals surface area contributed by atoms with Crippen molar-refractivity contribution in [1.29, 1.82) is 0 Å². The predicted molar refractivity (Wildman–Crippen MR) is 107 cm³/mol. The zero-order valence-corrected chi connectivity index (χ0v) is 17.1. The Kier molecular flexibility index (Phi) is 6.39. The van der Waals surface area contributed by atoms with Crippen molar-refractivity contribution in [3.05, 3.63) is 34.9 Å². The van der Waals surface area contributed by atoms with Crippen LogP contribution in [0.4, 0.5) is 0 Å². The zero-order chi connectivity index (χ0) is 16.2. The summed E-state index contributed by atoms with van der Waals surface area (Å²) < 4.78 is 0.676. The summed E-state index contributed by atoms with van der Waals surface area (Å²) in [5.41, 5.74) is 5.12. The van der Waals surface area contributed by atoms with Crippen LogP contribution in [0, 0.1) is 12.3 Å². The SMILES string of the molecule is CCC(C)(C)CCCc1ccc(C)c(CCCC2(I)CC2)c1. The van der Waals surface area contributed by atoms with Crippen molar-refractivity contribution in [1.82, 2.24) is 0 Å². The van der Waals surface area contributed by atoms with Gasteiger partial charge in [-0.3, -0.25) is 0 Å². The Bertz CT molecular complexity index is 483. The molecule has 0 aliphatic heterocycles. The van der Waals surface area contributed by atoms with Crippen molar-refractivity contribution in [2.75, 3.05) is 0 Å². The van der Waals surface area contributed by atoms with Crippen molar-refractivity contribution < 1.29 is 0 Å². The van der Waals surface area contributed by atoms with Gasteiger partial charge in [0.15, 0.2) is 0 Å². The van der Waals surface area contributed by atoms with E-state index in [-0.39, 0.29) is 0 Å². The highest BCUT2D eigenvalue weighted by Gasteiger charge is 2.38. The average Bonchev–Trinajstić information content (AvgIpc) is 3.20. The monoisotopic (exact) mass is 412 g/mol. The first-order valence-corrected chi connectivity index (χ1v) is 10.2. The normalized spacial score (nSPS) is 16.8. The molecule has 0 radical (unpaired) electrons. The van der Waals surface area contributed by atoms with Gasteiger partial charge in [-0.2, -0.15) is 0 Å². The summed E-state index contributed by atoms with van der Waals surface area (Å²) >= 11 is 2.68. The summed E-state index contributed by atoms with van der Waals surface area (Å²) in [6.07, 6.45) is 12.1. The number of benzene rings is 1. The van der Waals surface area contributed by atoms with Crippen LogP contribution in [-0.2, 0) is 12.8 Å². The molecule has 0 unspecified atom stereocenters. The molecule has 1 fully saturated rings. The van der Waals surface area contributed by atoms with Crippen molar-refractivity contribution >= 4 is 22.6 Å². The van der Waals surface area contributed by atoms with Gasteiger partial charge in [-0.25, -0.2) is 0 Å². The van der Waals surface area contributed by atoms with Crippen LogP contribution in [0.5, 0.6) is 0 Å². The number of rotatable bonds is 9. The van der Waals surface area contributed by atoms with Crippen LogP contribution in [0.1, 0.15) is 82.4 Å². The molecule has 1 heteroatoms. The van der Waals surface area contributed by atoms with Gasteiger partial charge in [0.2, 0.25) is 0 Å². The smallest absolute Gasteiger partial charge is 0.0223 e. The summed E-state index contributed by atoms with van der Waals surface area (Å²) in [4.78, 5) is 0. The Morgan fingerprint density at radius 1 is 1.14 bits per heavy atom. The topological polar surface area (TPSA) is 0 Å². The molecule has 1 aliphatic rings. The van der Waals surface area contributed by atoms with Gasteiger partial charge >= 0.3 is 0 Å². The van der Waals surface area contributed by atoms with Gasteiger partial charge in [0.25, 0.3) is 0 Å². The fourth-order valence-corrected chi connectivity index (χ4v) is 3.73. The minimum Gasteiger partial charge on any atom is -0.0789 e. The largest absolute Gasteiger partial charge is 0.0789 e. The standard InChI is InChI=1S/C21H33I/c1-5-20(3,4)12-6-8-18-11-10-17(2)19(16-18)9-7-13-21(22)14-15-21/h10-11,16H,5-9,12-15H2,1-4H3. The van der Waals surface area contributed by atoms with E-state index in [4.69, 9.17) is 0 Å². The molecule has 0 atom stereocenters. The molecule has 0 amide bonds. The van der Waals surface area contributed by atoms with E-state index in [1.807, 2.05) is 0 Å². The number of hydrogen-bond donors (Lipinski definition) is 0. The number of halogens is 1. The van der Waals surface area contributed by atoms with Gasteiger partial charge in [-0.05, 0) is 80.4 Å². The Morgan fingerprint density at radius 2 is 1.86 bits per heavy atom. The first-order chi connectivity index (χ1) is 10.3. The molecule has 0 bridgehead atoms. The van der Waals surface area contributed by atoms with E-state index >= 15 is 0 Å². The lowest BCUT2D eigenvalue weighted by molar-refractivity contribution is 0.313. The van der Waals surface area contributed by atoms with E-state index in [0.717, 1.165) is 0 Å². The summed E-state index contributed by atoms with van der Waals surface area (Å²) in [6, 6.07) is 7.17. The summed E-state index contributed by atoms with van der Waals surface area (Å²) in [5, 5.41) is 0. The Morgan fingerprint density at radius 3 is 2.50 bits per heavy atom. The molecule has 0 aromatic heterocycles. The highest BCUT2D eigenvalue weighted by atomic mass is 127. The van der Waals surface area contributed by atoms with E-state index in [0.29, 0.717) is 8.84 Å². The molecule has 0 nitrogen and oxygen atoms in total. The van der Waals surface area contributed by atoms with Crippen LogP contribution in [-0.4, -0.2) is 3.42 Å². The lowest BCUT2D eigenvalue weighted by atomic mass is 9.84. The summed E-state index contributed by atoms with van der Waals surface area (Å²) in [7, 11) is 0. The molecule has 0 spiro atoms. The van der Waals surface area contributed by atoms with Crippen molar-refractivity contribution in [2.24, 2.45) is 5.41 Å². The van der Waals surface area contributed by atoms with Crippen LogP contribution in [0.3, 0.4) is 0 Å². The second-order valence-corrected chi connectivity index (χ2v) is 10.4. The molecule has 1 aliphatic carbocycles. The van der Waals surface area contributed by atoms with Crippen molar-refractivity contribution in [2.45, 2.75) is 88.9 Å². The van der Waals surface area contributed by atoms with Crippen molar-refractivity contribution in [3.63, 3.8) is 0 Å². The molecule has 2 rings (SSSR count). The lowest BCUT2D eigenvalue weighted by Crippen LogP contribution is -2.09. The van der Waals surface area contributed by atoms with Crippen LogP contribution >= 0.6 is 22.6 Å². The molecule has 1 saturated carbocycles. The third-order valence-electron chi connectivity index (χ3n) is 5.55. The zero-order valence-electron chi connectivity index (χ0n) is 15.0. The van der Waals surface area contributed by atoms with E-state index in [9.17, 15) is 0 Å². The van der Waals surface area contributed by atoms with Gasteiger partial charge in [-0.1, -0.05) is 68.0 Å². The second kappa shape index (κ2) is 7.68. The number of hydrogen-bond acceptors (Lipinski definition) is 0. The molecule has 0 heterocycles. The molecule has 0 N–H and O–H groups in total. The molecule has 0 saturated heterocycles. The fraction of sp³-hybridized carbons (Fsp3) is 0.714. The average molecular weight is 412 g/mol. The Labute approximate surface area is 151 Å². The van der Waals surface area contributed by atoms with Gasteiger partial charge in [0, 0.05) is 3.42 Å². The third-order valence-corrected chi connectivity index (χ3v) is 7.17. The molecule has 1 aromatic rings. The second-order valence-electron chi connectivity index (χ2n) is 8.14. The minimum atomic E-state index is 0.506. The molecular weight excluding hydrogens is 379 g/mol. The lowest BCUT2D eigenvalue weighted by Gasteiger charge is -2.22. The molecule has 124 valence electrons. The first kappa shape index (κ1) is 18.3. The Balaban J connectivity index is 1.83. The Hall–Kier alpha value is -0.0500. The van der Waals surface area contributed by atoms with E-state index in [1.165, 1.54) is 63.4 Å². The molecular formula is C21H33I. The maximum absolute atomic E-state index is 2.68. The van der Waals surface area contributed by atoms with Gasteiger partial charge in [-0.15, -0.1) is 0 Å². The number of alkyl halides is 1. The summed E-state index contributed by atoms with van der Waals surface area (Å²) in [6.45, 7) is 9.37. The predicted octanol–water partition coefficient (Wildman–Crippen LogP) is 7.04. The molecule has 1 aromatic carbocycles. The first-order valence-electron chi connectivity index (χ1n) is 9.11. The molecule has 22 heavy (non-hydrogen) atoms. The highest BCUT2D eigenvalue weighted by molar-refractivity contribution is 14.1.